The average Bonchev–Trinajstić information content (AvgIpc) is 2.93. The van der Waals surface area contributed by atoms with Gasteiger partial charge in [0.05, 0.1) is 18.7 Å². The number of hydrogen-bond donors (Lipinski definition) is 5. The Bertz CT molecular complexity index is 1550. The molecule has 0 saturated carbocycles. The normalized spacial score (nSPS) is 13.2. The predicted octanol–water partition coefficient (Wildman–Crippen LogP) is 2.53. The van der Waals surface area contributed by atoms with E-state index in [2.05, 4.69) is 40.5 Å². The fraction of sp³-hybridized carbons (Fsp3) is 0.269. The molecule has 1 aromatic heterocycles. The van der Waals surface area contributed by atoms with Gasteiger partial charge in [0.1, 0.15) is 17.3 Å². The molecule has 0 aliphatic heterocycles. The van der Waals surface area contributed by atoms with Gasteiger partial charge in [-0.2, -0.15) is 13.2 Å². The maximum Gasteiger partial charge on any atom is 0.416 e. The van der Waals surface area contributed by atoms with Crippen LogP contribution in [0.1, 0.15) is 20.8 Å². The molecule has 0 aliphatic carbocycles. The fourth-order valence-corrected chi connectivity index (χ4v) is 3.61. The van der Waals surface area contributed by atoms with Crippen LogP contribution in [0.5, 0.6) is 0 Å². The molecular formula is C26H34F3N9O4S. The number of nitrogens with zero attached hydrogens (tertiary/aromatic N) is 4. The molecule has 17 heteroatoms. The third-order valence-corrected chi connectivity index (χ3v) is 6.03. The first-order valence-electron chi connectivity index (χ1n) is 12.1. The summed E-state index contributed by atoms with van der Waals surface area (Å²) in [6, 6.07) is 0. The summed E-state index contributed by atoms with van der Waals surface area (Å²) in [7, 11) is 1.37. The largest absolute Gasteiger partial charge is 0.416 e. The number of aliphatic imine (C=N–C) groups is 1. The van der Waals surface area contributed by atoms with Crippen molar-refractivity contribution in [2.24, 2.45) is 34.4 Å². The van der Waals surface area contributed by atoms with Gasteiger partial charge < -0.3 is 32.7 Å². The Hall–Kier alpha value is -4.93. The van der Waals surface area contributed by atoms with Gasteiger partial charge in [0, 0.05) is 35.3 Å². The molecule has 0 fully saturated rings. The van der Waals surface area contributed by atoms with Crippen molar-refractivity contribution in [3.63, 3.8) is 0 Å². The third kappa shape index (κ3) is 10.8. The zero-order chi connectivity index (χ0) is 33.1. The second-order valence-electron chi connectivity index (χ2n) is 8.64. The third-order valence-electron chi connectivity index (χ3n) is 5.14. The van der Waals surface area contributed by atoms with Crippen LogP contribution in [0.3, 0.4) is 0 Å². The van der Waals surface area contributed by atoms with Crippen LogP contribution in [0, 0.1) is 0 Å². The van der Waals surface area contributed by atoms with Gasteiger partial charge in [-0.25, -0.2) is 9.79 Å². The van der Waals surface area contributed by atoms with E-state index in [1.54, 1.807) is 6.92 Å². The number of halogens is 3. The highest BCUT2D eigenvalue weighted by Gasteiger charge is 2.32. The predicted molar refractivity (Wildman–Crippen MR) is 164 cm³/mol. The van der Waals surface area contributed by atoms with Crippen molar-refractivity contribution in [1.29, 1.82) is 0 Å². The van der Waals surface area contributed by atoms with E-state index in [1.807, 2.05) is 0 Å². The molecule has 0 spiro atoms. The Balaban J connectivity index is 3.09. The smallest absolute Gasteiger partial charge is 0.404 e. The van der Waals surface area contributed by atoms with Crippen molar-refractivity contribution < 1.29 is 22.8 Å². The van der Waals surface area contributed by atoms with Crippen LogP contribution >= 0.6 is 11.8 Å². The molecule has 0 aromatic carbocycles. The second kappa shape index (κ2) is 15.9. The molecule has 0 bridgehead atoms. The minimum atomic E-state index is -4.61. The molecule has 13 nitrogen and oxygen atoms in total. The van der Waals surface area contributed by atoms with E-state index in [9.17, 15) is 27.6 Å². The minimum absolute atomic E-state index is 0.0525. The van der Waals surface area contributed by atoms with Crippen molar-refractivity contribution in [2.45, 2.75) is 33.5 Å². The van der Waals surface area contributed by atoms with Gasteiger partial charge in [0.2, 0.25) is 5.91 Å². The lowest BCUT2D eigenvalue weighted by molar-refractivity contribution is -0.118. The van der Waals surface area contributed by atoms with Gasteiger partial charge in [0.15, 0.2) is 11.7 Å². The standard InChI is InChI=1S/C26H34F3N9O4S/c1-8-33-23-22(24(40)38(25(41)37(23)7)12-19(31)36-42-14(2)3)34-11-21(39)35-20(32)13-43-17(6)18(10-30)9-15(4)16(5)26(27,28)29/h8-10,13,34H,2,5-6,11-12,30,32H2,1,3-4,7H3,(H2,31,36)(H,35,39)/b15-9-,18-10+,20-13+,33-8-. The number of aromatic nitrogens is 2. The zero-order valence-corrected chi connectivity index (χ0v) is 24.9. The number of carbonyl (C=O) groups is 1. The number of hydrogen-bond acceptors (Lipinski definition) is 10. The first-order chi connectivity index (χ1) is 19.9. The Morgan fingerprint density at radius 1 is 1.19 bits per heavy atom. The summed E-state index contributed by atoms with van der Waals surface area (Å²) in [5.74, 6) is -0.841. The first kappa shape index (κ1) is 36.1. The van der Waals surface area contributed by atoms with Gasteiger partial charge in [-0.05, 0) is 32.4 Å². The maximum atomic E-state index is 13.2. The zero-order valence-electron chi connectivity index (χ0n) is 24.0. The molecule has 234 valence electrons. The SMILES string of the molecule is C=C(C)O/N=C(\N)Cn1c(=O)c(NCC(=O)N/C(N)=C/SC(=C)C(/C=C(/C)C(=C)C(F)(F)F)=C/N)c(/N=C\C)n(C)c1=O. The summed E-state index contributed by atoms with van der Waals surface area (Å²) in [6.45, 7) is 13.7. The summed E-state index contributed by atoms with van der Waals surface area (Å²) in [6.07, 6.45) is -1.02. The highest BCUT2D eigenvalue weighted by molar-refractivity contribution is 8.06. The topological polar surface area (TPSA) is 197 Å². The Labute approximate surface area is 249 Å². The number of nitrogens with two attached hydrogens (primary N) is 3. The van der Waals surface area contributed by atoms with Crippen LogP contribution in [0.25, 0.3) is 0 Å². The molecule has 0 atom stereocenters. The summed E-state index contributed by atoms with van der Waals surface area (Å²) < 4.78 is 40.5. The number of alkyl halides is 3. The first-order valence-corrected chi connectivity index (χ1v) is 13.0. The number of amides is 1. The highest BCUT2D eigenvalue weighted by atomic mass is 32.2. The lowest BCUT2D eigenvalue weighted by Crippen LogP contribution is -2.43. The quantitative estimate of drug-likeness (QED) is 0.0678. The van der Waals surface area contributed by atoms with E-state index in [-0.39, 0.29) is 45.0 Å². The number of allylic oxidation sites excluding steroid dienone is 5. The molecule has 1 amide bonds. The van der Waals surface area contributed by atoms with E-state index < -0.39 is 42.0 Å². The molecule has 8 N–H and O–H groups in total. The van der Waals surface area contributed by atoms with E-state index >= 15 is 0 Å². The van der Waals surface area contributed by atoms with Crippen molar-refractivity contribution in [1.82, 2.24) is 14.5 Å². The molecule has 0 unspecified atom stereocenters. The van der Waals surface area contributed by atoms with Crippen LogP contribution in [0.15, 0.2) is 90.4 Å². The fourth-order valence-electron chi connectivity index (χ4n) is 3.02. The number of nitrogens with one attached hydrogen (secondary N) is 2. The van der Waals surface area contributed by atoms with E-state index in [1.165, 1.54) is 38.6 Å². The summed E-state index contributed by atoms with van der Waals surface area (Å²) in [4.78, 5) is 47.7. The monoisotopic (exact) mass is 625 g/mol. The van der Waals surface area contributed by atoms with Crippen molar-refractivity contribution in [3.05, 3.63) is 91.5 Å². The number of oxime groups is 1. The molecule has 0 radical (unpaired) electrons. The van der Waals surface area contributed by atoms with Crippen LogP contribution in [0.4, 0.5) is 24.7 Å². The lowest BCUT2D eigenvalue weighted by Gasteiger charge is -2.15. The Morgan fingerprint density at radius 2 is 1.81 bits per heavy atom. The van der Waals surface area contributed by atoms with Gasteiger partial charge >= 0.3 is 11.9 Å². The molecule has 1 aromatic rings. The number of anilines is 1. The maximum absolute atomic E-state index is 13.2. The number of amidine groups is 1. The second-order valence-corrected chi connectivity index (χ2v) is 9.60. The van der Waals surface area contributed by atoms with Crippen molar-refractivity contribution >= 4 is 41.2 Å². The number of carbonyl (C=O) groups excluding carboxylic acids is 1. The van der Waals surface area contributed by atoms with Crippen LogP contribution < -0.4 is 39.1 Å². The van der Waals surface area contributed by atoms with Gasteiger partial charge in [0.25, 0.3) is 5.56 Å². The summed E-state index contributed by atoms with van der Waals surface area (Å²) in [5.41, 5.74) is 14.4. The summed E-state index contributed by atoms with van der Waals surface area (Å²) >= 11 is 0.894. The van der Waals surface area contributed by atoms with Gasteiger partial charge in [-0.15, -0.1) is 0 Å². The van der Waals surface area contributed by atoms with Crippen molar-refractivity contribution in [3.8, 4) is 0 Å². The molecule has 0 aliphatic rings. The summed E-state index contributed by atoms with van der Waals surface area (Å²) in [5, 5.41) is 9.90. The van der Waals surface area contributed by atoms with E-state index in [0.29, 0.717) is 0 Å². The van der Waals surface area contributed by atoms with E-state index in [4.69, 9.17) is 22.0 Å². The molecule has 1 rings (SSSR count). The van der Waals surface area contributed by atoms with Crippen LogP contribution in [0.2, 0.25) is 0 Å². The van der Waals surface area contributed by atoms with Gasteiger partial charge in [-0.1, -0.05) is 36.7 Å². The number of rotatable bonds is 14. The van der Waals surface area contributed by atoms with Crippen LogP contribution in [-0.4, -0.2) is 39.8 Å². The van der Waals surface area contributed by atoms with Gasteiger partial charge in [-0.3, -0.25) is 18.7 Å². The Morgan fingerprint density at radius 3 is 2.35 bits per heavy atom. The van der Waals surface area contributed by atoms with Crippen LogP contribution in [-0.2, 0) is 23.2 Å². The average molecular weight is 626 g/mol. The number of thioether (sulfide) groups is 1. The minimum Gasteiger partial charge on any atom is -0.404 e. The highest BCUT2D eigenvalue weighted by Crippen LogP contribution is 2.32. The molecule has 43 heavy (non-hydrogen) atoms. The van der Waals surface area contributed by atoms with E-state index in [0.717, 1.165) is 27.1 Å². The lowest BCUT2D eigenvalue weighted by atomic mass is 10.1. The molecule has 0 saturated heterocycles. The molecular weight excluding hydrogens is 591 g/mol. The van der Waals surface area contributed by atoms with Crippen molar-refractivity contribution in [2.75, 3.05) is 11.9 Å². The molecule has 1 heterocycles. The Kier molecular flexibility index (Phi) is 13.3.